The highest BCUT2D eigenvalue weighted by atomic mass is 79.9. The van der Waals surface area contributed by atoms with Gasteiger partial charge < -0.3 is 20.3 Å². The summed E-state index contributed by atoms with van der Waals surface area (Å²) in [5, 5.41) is 21.4. The Morgan fingerprint density at radius 2 is 1.94 bits per heavy atom. The number of aliphatic hydroxyl groups is 2. The fourth-order valence-corrected chi connectivity index (χ4v) is 1.68. The monoisotopic (exact) mass is 317 g/mol. The third-order valence-corrected chi connectivity index (χ3v) is 2.93. The zero-order chi connectivity index (χ0) is 13.2. The van der Waals surface area contributed by atoms with Gasteiger partial charge in [-0.2, -0.15) is 0 Å². The molecule has 1 rings (SSSR count). The Hall–Kier alpha value is -0.620. The van der Waals surface area contributed by atoms with E-state index in [1.165, 1.54) is 0 Å². The maximum absolute atomic E-state index is 9.68. The van der Waals surface area contributed by atoms with Gasteiger partial charge in [-0.15, -0.1) is 0 Å². The van der Waals surface area contributed by atoms with Crippen LogP contribution in [0.2, 0.25) is 0 Å². The summed E-state index contributed by atoms with van der Waals surface area (Å²) in [6.07, 6.45) is 1.18. The second-order valence-corrected chi connectivity index (χ2v) is 4.97. The Morgan fingerprint density at radius 1 is 1.22 bits per heavy atom. The lowest BCUT2D eigenvalue weighted by atomic mass is 10.3. The minimum Gasteiger partial charge on any atom is -0.491 e. The van der Waals surface area contributed by atoms with Crippen LogP contribution in [0.1, 0.15) is 12.8 Å². The lowest BCUT2D eigenvalue weighted by Gasteiger charge is -2.13. The average Bonchev–Trinajstić information content (AvgIpc) is 2.38. The second kappa shape index (κ2) is 9.33. The Kier molecular flexibility index (Phi) is 8.00. The van der Waals surface area contributed by atoms with Crippen LogP contribution < -0.4 is 10.1 Å². The van der Waals surface area contributed by atoms with Crippen LogP contribution in [0.25, 0.3) is 0 Å². The lowest BCUT2D eigenvalue weighted by molar-refractivity contribution is 0.106. The molecule has 0 aliphatic rings. The molecule has 1 aromatic carbocycles. The number of halogens is 1. The highest BCUT2D eigenvalue weighted by molar-refractivity contribution is 9.10. The van der Waals surface area contributed by atoms with E-state index in [4.69, 9.17) is 9.84 Å². The number of benzene rings is 1. The molecular formula is C13H20BrNO3. The van der Waals surface area contributed by atoms with Crippen molar-refractivity contribution in [3.05, 3.63) is 28.7 Å². The van der Waals surface area contributed by atoms with Gasteiger partial charge in [-0.3, -0.25) is 0 Å². The molecular weight excluding hydrogens is 298 g/mol. The van der Waals surface area contributed by atoms with Crippen LogP contribution in [0.4, 0.5) is 0 Å². The number of aliphatic hydroxyl groups excluding tert-OH is 2. The average molecular weight is 318 g/mol. The highest BCUT2D eigenvalue weighted by Gasteiger charge is 2.04. The zero-order valence-electron chi connectivity index (χ0n) is 10.3. The smallest absolute Gasteiger partial charge is 0.119 e. The SMILES string of the molecule is OCCCCNCC(O)COc1ccc(Br)cc1. The summed E-state index contributed by atoms with van der Waals surface area (Å²) < 4.78 is 6.45. The normalized spacial score (nSPS) is 12.4. The van der Waals surface area contributed by atoms with Crippen LogP contribution in [0, 0.1) is 0 Å². The van der Waals surface area contributed by atoms with E-state index in [9.17, 15) is 5.11 Å². The predicted octanol–water partition coefficient (Wildman–Crippen LogP) is 1.55. The molecule has 5 heteroatoms. The van der Waals surface area contributed by atoms with E-state index in [0.29, 0.717) is 6.54 Å². The van der Waals surface area contributed by atoms with E-state index >= 15 is 0 Å². The molecule has 0 aliphatic carbocycles. The van der Waals surface area contributed by atoms with Gasteiger partial charge >= 0.3 is 0 Å². The summed E-state index contributed by atoms with van der Waals surface area (Å²) in [6, 6.07) is 7.50. The van der Waals surface area contributed by atoms with E-state index in [1.54, 1.807) is 0 Å². The van der Waals surface area contributed by atoms with Crippen LogP contribution in [0.3, 0.4) is 0 Å². The first-order valence-electron chi connectivity index (χ1n) is 6.10. The number of ether oxygens (including phenoxy) is 1. The molecule has 0 fully saturated rings. The van der Waals surface area contributed by atoms with E-state index < -0.39 is 6.10 Å². The molecule has 1 atom stereocenters. The molecule has 4 nitrogen and oxygen atoms in total. The van der Waals surface area contributed by atoms with E-state index in [0.717, 1.165) is 29.6 Å². The van der Waals surface area contributed by atoms with Crippen LogP contribution in [0.15, 0.2) is 28.7 Å². The highest BCUT2D eigenvalue weighted by Crippen LogP contribution is 2.16. The van der Waals surface area contributed by atoms with E-state index in [-0.39, 0.29) is 13.2 Å². The number of nitrogens with one attached hydrogen (secondary N) is 1. The summed E-state index contributed by atoms with van der Waals surface area (Å²) in [5.74, 6) is 0.748. The fraction of sp³-hybridized carbons (Fsp3) is 0.538. The van der Waals surface area contributed by atoms with Crippen molar-refractivity contribution in [3.63, 3.8) is 0 Å². The van der Waals surface area contributed by atoms with Gasteiger partial charge in [-0.1, -0.05) is 15.9 Å². The molecule has 0 bridgehead atoms. The van der Waals surface area contributed by atoms with Crippen molar-refractivity contribution >= 4 is 15.9 Å². The molecule has 3 N–H and O–H groups in total. The first-order chi connectivity index (χ1) is 8.72. The topological polar surface area (TPSA) is 61.7 Å². The van der Waals surface area contributed by atoms with Crippen molar-refractivity contribution in [3.8, 4) is 5.75 Å². The van der Waals surface area contributed by atoms with Gasteiger partial charge in [0.15, 0.2) is 0 Å². The molecule has 18 heavy (non-hydrogen) atoms. The summed E-state index contributed by atoms with van der Waals surface area (Å²) in [4.78, 5) is 0. The number of hydrogen-bond donors (Lipinski definition) is 3. The lowest BCUT2D eigenvalue weighted by Crippen LogP contribution is -2.32. The molecule has 102 valence electrons. The third kappa shape index (κ3) is 6.96. The van der Waals surface area contributed by atoms with Crippen LogP contribution in [-0.4, -0.2) is 42.6 Å². The molecule has 0 aromatic heterocycles. The summed E-state index contributed by atoms with van der Waals surface area (Å²) in [5.41, 5.74) is 0. The van der Waals surface area contributed by atoms with Crippen molar-refractivity contribution in [1.82, 2.24) is 5.32 Å². The Morgan fingerprint density at radius 3 is 2.61 bits per heavy atom. The molecule has 0 radical (unpaired) electrons. The van der Waals surface area contributed by atoms with Gasteiger partial charge in [-0.05, 0) is 43.7 Å². The van der Waals surface area contributed by atoms with Crippen molar-refractivity contribution in [1.29, 1.82) is 0 Å². The summed E-state index contributed by atoms with van der Waals surface area (Å²) >= 11 is 3.35. The largest absolute Gasteiger partial charge is 0.491 e. The van der Waals surface area contributed by atoms with E-state index in [1.807, 2.05) is 24.3 Å². The van der Waals surface area contributed by atoms with Crippen LogP contribution in [-0.2, 0) is 0 Å². The first kappa shape index (κ1) is 15.4. The summed E-state index contributed by atoms with van der Waals surface area (Å²) in [6.45, 7) is 1.80. The molecule has 0 heterocycles. The van der Waals surface area contributed by atoms with Crippen LogP contribution in [0.5, 0.6) is 5.75 Å². The molecule has 1 aromatic rings. The number of hydrogen-bond acceptors (Lipinski definition) is 4. The summed E-state index contributed by atoms with van der Waals surface area (Å²) in [7, 11) is 0. The standard InChI is InChI=1S/C13H20BrNO3/c14-11-3-5-13(6-4-11)18-10-12(17)9-15-7-1-2-8-16/h3-6,12,15-17H,1-2,7-10H2. The van der Waals surface area contributed by atoms with Crippen LogP contribution >= 0.6 is 15.9 Å². The molecule has 1 unspecified atom stereocenters. The molecule has 0 spiro atoms. The Labute approximate surface area is 116 Å². The minimum absolute atomic E-state index is 0.219. The van der Waals surface area contributed by atoms with Gasteiger partial charge in [0.2, 0.25) is 0 Å². The van der Waals surface area contributed by atoms with Crippen molar-refractivity contribution < 1.29 is 14.9 Å². The second-order valence-electron chi connectivity index (χ2n) is 4.05. The van der Waals surface area contributed by atoms with E-state index in [2.05, 4.69) is 21.2 Å². The van der Waals surface area contributed by atoms with Crippen molar-refractivity contribution in [2.75, 3.05) is 26.3 Å². The Balaban J connectivity index is 2.09. The predicted molar refractivity (Wildman–Crippen MR) is 74.8 cm³/mol. The fourth-order valence-electron chi connectivity index (χ4n) is 1.41. The molecule has 0 amide bonds. The van der Waals surface area contributed by atoms with Gasteiger partial charge in [0.25, 0.3) is 0 Å². The molecule has 0 saturated heterocycles. The molecule has 0 saturated carbocycles. The van der Waals surface area contributed by atoms with Gasteiger partial charge in [0.05, 0.1) is 0 Å². The molecule has 0 aliphatic heterocycles. The number of rotatable bonds is 9. The third-order valence-electron chi connectivity index (χ3n) is 2.40. The van der Waals surface area contributed by atoms with Gasteiger partial charge in [-0.25, -0.2) is 0 Å². The Bertz CT molecular complexity index is 319. The zero-order valence-corrected chi connectivity index (χ0v) is 11.9. The van der Waals surface area contributed by atoms with Gasteiger partial charge in [0, 0.05) is 17.6 Å². The van der Waals surface area contributed by atoms with Crippen molar-refractivity contribution in [2.45, 2.75) is 18.9 Å². The maximum atomic E-state index is 9.68. The number of unbranched alkanes of at least 4 members (excludes halogenated alkanes) is 1. The van der Waals surface area contributed by atoms with Crippen molar-refractivity contribution in [2.24, 2.45) is 0 Å². The first-order valence-corrected chi connectivity index (χ1v) is 6.89. The minimum atomic E-state index is -0.525. The maximum Gasteiger partial charge on any atom is 0.119 e. The quantitative estimate of drug-likeness (QED) is 0.605. The van der Waals surface area contributed by atoms with Gasteiger partial charge in [0.1, 0.15) is 18.5 Å².